The molecule has 0 aliphatic heterocycles. The fourth-order valence-electron chi connectivity index (χ4n) is 4.90. The van der Waals surface area contributed by atoms with Crippen molar-refractivity contribution in [3.8, 4) is 5.75 Å². The van der Waals surface area contributed by atoms with Gasteiger partial charge in [0.15, 0.2) is 0 Å². The smallest absolute Gasteiger partial charge is 0.408 e. The molecule has 0 aromatic heterocycles. The van der Waals surface area contributed by atoms with Gasteiger partial charge in [-0.25, -0.2) is 9.59 Å². The van der Waals surface area contributed by atoms with Crippen molar-refractivity contribution in [2.75, 3.05) is 0 Å². The zero-order chi connectivity index (χ0) is 35.0. The van der Waals surface area contributed by atoms with E-state index in [0.717, 1.165) is 5.56 Å². The van der Waals surface area contributed by atoms with E-state index in [1.807, 2.05) is 44.2 Å². The summed E-state index contributed by atoms with van der Waals surface area (Å²) in [7, 11) is 0. The lowest BCUT2D eigenvalue weighted by atomic mass is 9.93. The molecule has 2 aromatic rings. The van der Waals surface area contributed by atoms with Crippen molar-refractivity contribution in [2.24, 2.45) is 5.92 Å². The van der Waals surface area contributed by atoms with Crippen LogP contribution in [-0.2, 0) is 30.3 Å². The first kappa shape index (κ1) is 38.1. The molecule has 0 heterocycles. The molecule has 2 aromatic carbocycles. The summed E-state index contributed by atoms with van der Waals surface area (Å²) in [4.78, 5) is 56.8. The van der Waals surface area contributed by atoms with Crippen LogP contribution in [0.25, 0.3) is 0 Å². The second-order valence-electron chi connectivity index (χ2n) is 15.0. The molecule has 10 nitrogen and oxygen atoms in total. The average Bonchev–Trinajstić information content (AvgIpc) is 2.88. The summed E-state index contributed by atoms with van der Waals surface area (Å²) in [5, 5.41) is 15.7. The van der Waals surface area contributed by atoms with Crippen LogP contribution in [0, 0.1) is 5.92 Å². The number of carbonyl (C=O) groups is 4. The standard InChI is InChI=1S/C36H53N3O7/c1-23(2)21-27(38-33(44)46-36(9,10)11)31(42)39(34(3,4)5)29(25-17-19-26(40)20-18-25)30(41)37-28(32(43)45-35(6,7)8)22-24-15-13-12-14-16-24/h12-20,23,27-29,40H,21-22H2,1-11H3,(H,37,41)(H,38,44). The van der Waals surface area contributed by atoms with Crippen LogP contribution in [-0.4, -0.2) is 62.7 Å². The highest BCUT2D eigenvalue weighted by molar-refractivity contribution is 5.94. The Hall–Kier alpha value is -4.08. The van der Waals surface area contributed by atoms with Crippen LogP contribution in [0.15, 0.2) is 54.6 Å². The van der Waals surface area contributed by atoms with Crippen molar-refractivity contribution in [3.63, 3.8) is 0 Å². The largest absolute Gasteiger partial charge is 0.508 e. The summed E-state index contributed by atoms with van der Waals surface area (Å²) in [5.41, 5.74) is -1.33. The molecule has 0 bridgehead atoms. The fraction of sp³-hybridized carbons (Fsp3) is 0.556. The van der Waals surface area contributed by atoms with Crippen LogP contribution in [0.2, 0.25) is 0 Å². The number of esters is 1. The van der Waals surface area contributed by atoms with Gasteiger partial charge in [-0.15, -0.1) is 0 Å². The molecule has 46 heavy (non-hydrogen) atoms. The Morgan fingerprint density at radius 2 is 1.30 bits per heavy atom. The second-order valence-corrected chi connectivity index (χ2v) is 15.0. The van der Waals surface area contributed by atoms with E-state index in [0.29, 0.717) is 5.56 Å². The van der Waals surface area contributed by atoms with E-state index in [9.17, 15) is 24.3 Å². The van der Waals surface area contributed by atoms with E-state index in [1.165, 1.54) is 17.0 Å². The molecule has 254 valence electrons. The van der Waals surface area contributed by atoms with E-state index in [-0.39, 0.29) is 24.5 Å². The molecular weight excluding hydrogens is 586 g/mol. The van der Waals surface area contributed by atoms with E-state index in [2.05, 4.69) is 10.6 Å². The summed E-state index contributed by atoms with van der Waals surface area (Å²) in [6, 6.07) is 11.9. The molecule has 0 radical (unpaired) electrons. The first-order valence-electron chi connectivity index (χ1n) is 15.8. The Kier molecular flexibility index (Phi) is 12.8. The van der Waals surface area contributed by atoms with E-state index < -0.39 is 58.7 Å². The molecule has 3 N–H and O–H groups in total. The van der Waals surface area contributed by atoms with Gasteiger partial charge in [-0.05, 0) is 97.9 Å². The summed E-state index contributed by atoms with van der Waals surface area (Å²) in [6.07, 6.45) is -0.314. The summed E-state index contributed by atoms with van der Waals surface area (Å²) in [6.45, 7) is 19.7. The highest BCUT2D eigenvalue weighted by Crippen LogP contribution is 2.32. The number of nitrogens with zero attached hydrogens (tertiary/aromatic N) is 1. The van der Waals surface area contributed by atoms with Crippen molar-refractivity contribution >= 4 is 23.9 Å². The number of benzene rings is 2. The van der Waals surface area contributed by atoms with Gasteiger partial charge in [-0.2, -0.15) is 0 Å². The van der Waals surface area contributed by atoms with E-state index in [1.54, 1.807) is 74.4 Å². The van der Waals surface area contributed by atoms with Gasteiger partial charge < -0.3 is 30.1 Å². The van der Waals surface area contributed by atoms with Crippen molar-refractivity contribution < 1.29 is 33.8 Å². The number of alkyl carbamates (subject to hydrolysis) is 1. The predicted octanol–water partition coefficient (Wildman–Crippen LogP) is 6.07. The summed E-state index contributed by atoms with van der Waals surface area (Å²) >= 11 is 0. The molecule has 2 rings (SSSR count). The number of nitrogens with one attached hydrogen (secondary N) is 2. The second kappa shape index (κ2) is 15.5. The number of rotatable bonds is 11. The molecule has 0 saturated carbocycles. The molecule has 3 atom stereocenters. The Balaban J connectivity index is 2.64. The zero-order valence-corrected chi connectivity index (χ0v) is 29.3. The van der Waals surface area contributed by atoms with Crippen molar-refractivity contribution in [1.82, 2.24) is 15.5 Å². The van der Waals surface area contributed by atoms with Gasteiger partial charge in [0.05, 0.1) is 0 Å². The minimum absolute atomic E-state index is 0.00840. The topological polar surface area (TPSA) is 134 Å². The lowest BCUT2D eigenvalue weighted by Crippen LogP contribution is -2.60. The van der Waals surface area contributed by atoms with Crippen LogP contribution in [0.5, 0.6) is 5.75 Å². The predicted molar refractivity (Wildman–Crippen MR) is 178 cm³/mol. The number of amides is 3. The Morgan fingerprint density at radius 1 is 0.761 bits per heavy atom. The number of aromatic hydroxyl groups is 1. The maximum Gasteiger partial charge on any atom is 0.408 e. The van der Waals surface area contributed by atoms with Gasteiger partial charge in [0.2, 0.25) is 11.8 Å². The van der Waals surface area contributed by atoms with Gasteiger partial charge in [0, 0.05) is 12.0 Å². The molecular formula is C36H53N3O7. The fourth-order valence-corrected chi connectivity index (χ4v) is 4.90. The number of hydrogen-bond acceptors (Lipinski definition) is 7. The molecule has 3 unspecified atom stereocenters. The third-order valence-electron chi connectivity index (χ3n) is 6.66. The number of phenolic OH excluding ortho intramolecular Hbond substituents is 1. The maximum atomic E-state index is 14.5. The SMILES string of the molecule is CC(C)CC(NC(=O)OC(C)(C)C)C(=O)N(C(C(=O)NC(Cc1ccccc1)C(=O)OC(C)(C)C)c1ccc(O)cc1)C(C)(C)C. The molecule has 0 saturated heterocycles. The minimum atomic E-state index is -1.25. The number of hydrogen-bond donors (Lipinski definition) is 3. The number of ether oxygens (including phenoxy) is 2. The van der Waals surface area contributed by atoms with Gasteiger partial charge in [-0.3, -0.25) is 9.59 Å². The molecule has 0 fully saturated rings. The highest BCUT2D eigenvalue weighted by Gasteiger charge is 2.43. The lowest BCUT2D eigenvalue weighted by Gasteiger charge is -2.43. The maximum absolute atomic E-state index is 14.5. The molecule has 3 amide bonds. The number of carbonyl (C=O) groups excluding carboxylic acids is 4. The van der Waals surface area contributed by atoms with E-state index in [4.69, 9.17) is 9.47 Å². The summed E-state index contributed by atoms with van der Waals surface area (Å²) < 4.78 is 11.2. The first-order chi connectivity index (χ1) is 21.1. The monoisotopic (exact) mass is 639 g/mol. The first-order valence-corrected chi connectivity index (χ1v) is 15.8. The van der Waals surface area contributed by atoms with Gasteiger partial charge in [0.25, 0.3) is 0 Å². The number of phenols is 1. The van der Waals surface area contributed by atoms with Gasteiger partial charge in [0.1, 0.15) is 35.1 Å². The Morgan fingerprint density at radius 3 is 1.78 bits per heavy atom. The van der Waals surface area contributed by atoms with E-state index >= 15 is 0 Å². The lowest BCUT2D eigenvalue weighted by molar-refractivity contribution is -0.159. The van der Waals surface area contributed by atoms with Gasteiger partial charge in [-0.1, -0.05) is 56.3 Å². The Labute approximate surface area is 274 Å². The van der Waals surface area contributed by atoms with Crippen molar-refractivity contribution in [3.05, 3.63) is 65.7 Å². The quantitative estimate of drug-likeness (QED) is 0.254. The Bertz CT molecular complexity index is 1320. The van der Waals surface area contributed by atoms with Crippen LogP contribution in [0.1, 0.15) is 99.8 Å². The van der Waals surface area contributed by atoms with Crippen LogP contribution < -0.4 is 10.6 Å². The van der Waals surface area contributed by atoms with Gasteiger partial charge >= 0.3 is 12.1 Å². The molecule has 0 aliphatic carbocycles. The minimum Gasteiger partial charge on any atom is -0.508 e. The molecule has 0 spiro atoms. The van der Waals surface area contributed by atoms with Crippen molar-refractivity contribution in [2.45, 2.75) is 124 Å². The highest BCUT2D eigenvalue weighted by atomic mass is 16.6. The molecule has 10 heteroatoms. The normalized spacial score (nSPS) is 14.1. The zero-order valence-electron chi connectivity index (χ0n) is 29.3. The average molecular weight is 640 g/mol. The third kappa shape index (κ3) is 12.4. The van der Waals surface area contributed by atoms with Crippen molar-refractivity contribution in [1.29, 1.82) is 0 Å². The van der Waals surface area contributed by atoms with Crippen LogP contribution in [0.3, 0.4) is 0 Å². The van der Waals surface area contributed by atoms with Crippen LogP contribution >= 0.6 is 0 Å². The third-order valence-corrected chi connectivity index (χ3v) is 6.66. The van der Waals surface area contributed by atoms with Crippen LogP contribution in [0.4, 0.5) is 4.79 Å². The molecule has 0 aliphatic rings. The summed E-state index contributed by atoms with van der Waals surface area (Å²) in [5.74, 6) is -1.75.